The molecule has 0 saturated heterocycles. The van der Waals surface area contributed by atoms with Crippen LogP contribution in [-0.2, 0) is 22.6 Å². The van der Waals surface area contributed by atoms with Gasteiger partial charge >= 0.3 is 0 Å². The first-order chi connectivity index (χ1) is 15.0. The van der Waals surface area contributed by atoms with Crippen LogP contribution >= 0.6 is 0 Å². The molecule has 0 aromatic heterocycles. The number of rotatable bonds is 12. The first-order valence-corrected chi connectivity index (χ1v) is 10.2. The number of methoxy groups -OCH3 is 1. The maximum Gasteiger partial charge on any atom is 0.255 e. The second-order valence-corrected chi connectivity index (χ2v) is 6.90. The van der Waals surface area contributed by atoms with Crippen LogP contribution in [0.4, 0.5) is 0 Å². The van der Waals surface area contributed by atoms with Crippen LogP contribution < -0.4 is 25.8 Å². The van der Waals surface area contributed by atoms with Gasteiger partial charge in [-0.25, -0.2) is 4.99 Å². The molecular formula is C23H32N4O4. The van der Waals surface area contributed by atoms with Crippen LogP contribution in [0.2, 0.25) is 0 Å². The van der Waals surface area contributed by atoms with Crippen LogP contribution in [0.5, 0.6) is 11.5 Å². The van der Waals surface area contributed by atoms with Gasteiger partial charge in [0.15, 0.2) is 12.6 Å². The summed E-state index contributed by atoms with van der Waals surface area (Å²) in [5, 5.41) is 6.59. The second-order valence-electron chi connectivity index (χ2n) is 6.90. The van der Waals surface area contributed by atoms with E-state index in [0.717, 1.165) is 29.0 Å². The lowest BCUT2D eigenvalue weighted by molar-refractivity contribution is -0.119. The number of benzene rings is 2. The smallest absolute Gasteiger partial charge is 0.255 e. The average Bonchev–Trinajstić information content (AvgIpc) is 2.75. The fourth-order valence-electron chi connectivity index (χ4n) is 2.76. The van der Waals surface area contributed by atoms with E-state index in [2.05, 4.69) is 21.7 Å². The number of nitrogens with two attached hydrogens (primary N) is 1. The van der Waals surface area contributed by atoms with Gasteiger partial charge in [-0.2, -0.15) is 0 Å². The molecular weight excluding hydrogens is 396 g/mol. The van der Waals surface area contributed by atoms with Gasteiger partial charge in [0.2, 0.25) is 0 Å². The number of nitrogens with zero attached hydrogens (tertiary/aromatic N) is 1. The third-order valence-electron chi connectivity index (χ3n) is 4.26. The molecule has 0 heterocycles. The van der Waals surface area contributed by atoms with E-state index in [1.165, 1.54) is 0 Å². The van der Waals surface area contributed by atoms with Gasteiger partial charge in [0, 0.05) is 25.8 Å². The first-order valence-electron chi connectivity index (χ1n) is 10.2. The Morgan fingerprint density at radius 3 is 2.68 bits per heavy atom. The monoisotopic (exact) mass is 428 g/mol. The zero-order chi connectivity index (χ0) is 22.5. The van der Waals surface area contributed by atoms with Gasteiger partial charge in [-0.3, -0.25) is 4.79 Å². The maximum atomic E-state index is 10.9. The quantitative estimate of drug-likeness (QED) is 0.272. The number of ether oxygens (including phenoxy) is 3. The van der Waals surface area contributed by atoms with Crippen molar-refractivity contribution < 1.29 is 19.0 Å². The topological polar surface area (TPSA) is 107 Å². The molecule has 31 heavy (non-hydrogen) atoms. The van der Waals surface area contributed by atoms with Gasteiger partial charge in [-0.05, 0) is 43.2 Å². The van der Waals surface area contributed by atoms with Crippen LogP contribution in [0.25, 0.3) is 0 Å². The zero-order valence-corrected chi connectivity index (χ0v) is 18.4. The molecule has 0 bridgehead atoms. The summed E-state index contributed by atoms with van der Waals surface area (Å²) in [6.45, 7) is 6.68. The van der Waals surface area contributed by atoms with E-state index in [0.29, 0.717) is 38.0 Å². The van der Waals surface area contributed by atoms with E-state index in [-0.39, 0.29) is 6.61 Å². The van der Waals surface area contributed by atoms with Crippen LogP contribution in [0, 0.1) is 6.92 Å². The third kappa shape index (κ3) is 8.96. The molecule has 4 N–H and O–H groups in total. The lowest BCUT2D eigenvalue weighted by Crippen LogP contribution is -2.36. The number of hydrogen-bond donors (Lipinski definition) is 3. The first kappa shape index (κ1) is 24.0. The van der Waals surface area contributed by atoms with Gasteiger partial charge in [0.05, 0.1) is 13.2 Å². The van der Waals surface area contributed by atoms with Crippen molar-refractivity contribution in [2.24, 2.45) is 10.7 Å². The molecule has 8 heteroatoms. The number of guanidine groups is 1. The Morgan fingerprint density at radius 1 is 1.10 bits per heavy atom. The summed E-state index contributed by atoms with van der Waals surface area (Å²) in [4.78, 5) is 15.5. The van der Waals surface area contributed by atoms with Crippen LogP contribution in [-0.4, -0.2) is 45.3 Å². The standard InChI is InChI=1S/C23H32N4O4/c1-4-25-23(26-14-18-6-5-7-20(13-18)31-16-22(24)28)27-15-19-9-8-17(2)12-21(19)30-11-10-29-3/h5-9,12-13H,4,10-11,14-16H2,1-3H3,(H2,24,28)(H2,25,26,27). The number of primary amides is 1. The lowest BCUT2D eigenvalue weighted by Gasteiger charge is -2.15. The minimum absolute atomic E-state index is 0.151. The largest absolute Gasteiger partial charge is 0.491 e. The molecule has 0 aliphatic heterocycles. The van der Waals surface area contributed by atoms with Gasteiger partial charge in [-0.15, -0.1) is 0 Å². The fraction of sp³-hybridized carbons (Fsp3) is 0.391. The summed E-state index contributed by atoms with van der Waals surface area (Å²) in [6.07, 6.45) is 0. The minimum Gasteiger partial charge on any atom is -0.491 e. The highest BCUT2D eigenvalue weighted by Gasteiger charge is 2.06. The highest BCUT2D eigenvalue weighted by molar-refractivity contribution is 5.79. The number of hydrogen-bond acceptors (Lipinski definition) is 5. The number of carbonyl (C=O) groups is 1. The van der Waals surface area contributed by atoms with Gasteiger partial charge in [-0.1, -0.05) is 24.3 Å². The van der Waals surface area contributed by atoms with Crippen molar-refractivity contribution >= 4 is 11.9 Å². The average molecular weight is 429 g/mol. The second kappa shape index (κ2) is 13.1. The summed E-state index contributed by atoms with van der Waals surface area (Å²) in [5.41, 5.74) is 8.25. The van der Waals surface area contributed by atoms with Crippen molar-refractivity contribution in [3.05, 3.63) is 59.2 Å². The molecule has 2 aromatic carbocycles. The van der Waals surface area contributed by atoms with Crippen molar-refractivity contribution in [2.75, 3.05) is 33.5 Å². The predicted octanol–water partition coefficient (Wildman–Crippen LogP) is 2.14. The molecule has 8 nitrogen and oxygen atoms in total. The number of nitrogens with one attached hydrogen (secondary N) is 2. The Morgan fingerprint density at radius 2 is 1.94 bits per heavy atom. The van der Waals surface area contributed by atoms with Crippen molar-refractivity contribution in [1.29, 1.82) is 0 Å². The normalized spacial score (nSPS) is 11.1. The Bertz CT molecular complexity index is 870. The molecule has 168 valence electrons. The molecule has 2 rings (SSSR count). The molecule has 1 amide bonds. The Balaban J connectivity index is 2.02. The molecule has 0 saturated carbocycles. The molecule has 0 unspecified atom stereocenters. The van der Waals surface area contributed by atoms with E-state index in [9.17, 15) is 4.79 Å². The third-order valence-corrected chi connectivity index (χ3v) is 4.26. The van der Waals surface area contributed by atoms with E-state index in [1.54, 1.807) is 13.2 Å². The van der Waals surface area contributed by atoms with E-state index < -0.39 is 5.91 Å². The number of aliphatic imine (C=N–C) groups is 1. The highest BCUT2D eigenvalue weighted by atomic mass is 16.5. The molecule has 0 fully saturated rings. The van der Waals surface area contributed by atoms with Gasteiger partial charge in [0.1, 0.15) is 18.1 Å². The number of aryl methyl sites for hydroxylation is 1. The summed E-state index contributed by atoms with van der Waals surface area (Å²) in [6, 6.07) is 13.6. The highest BCUT2D eigenvalue weighted by Crippen LogP contribution is 2.20. The maximum absolute atomic E-state index is 10.9. The minimum atomic E-state index is -0.510. The van der Waals surface area contributed by atoms with E-state index in [4.69, 9.17) is 19.9 Å². The number of amides is 1. The predicted molar refractivity (Wildman–Crippen MR) is 121 cm³/mol. The van der Waals surface area contributed by atoms with Crippen molar-refractivity contribution in [3.8, 4) is 11.5 Å². The SMILES string of the molecule is CCNC(=NCc1cccc(OCC(N)=O)c1)NCc1ccc(C)cc1OCCOC. The van der Waals surface area contributed by atoms with Crippen LogP contribution in [0.3, 0.4) is 0 Å². The van der Waals surface area contributed by atoms with E-state index >= 15 is 0 Å². The molecule has 2 aromatic rings. The summed E-state index contributed by atoms with van der Waals surface area (Å²) in [5.74, 6) is 1.60. The molecule has 0 radical (unpaired) electrons. The Kier molecular flexibility index (Phi) is 10.2. The fourth-order valence-corrected chi connectivity index (χ4v) is 2.76. The Labute approximate surface area is 183 Å². The molecule has 0 aliphatic carbocycles. The van der Waals surface area contributed by atoms with Crippen molar-refractivity contribution in [2.45, 2.75) is 26.9 Å². The molecule has 0 spiro atoms. The van der Waals surface area contributed by atoms with Crippen molar-refractivity contribution in [3.63, 3.8) is 0 Å². The van der Waals surface area contributed by atoms with Gasteiger partial charge < -0.3 is 30.6 Å². The lowest BCUT2D eigenvalue weighted by atomic mass is 10.1. The summed E-state index contributed by atoms with van der Waals surface area (Å²) >= 11 is 0. The van der Waals surface area contributed by atoms with Crippen molar-refractivity contribution in [1.82, 2.24) is 10.6 Å². The Hall–Kier alpha value is -3.26. The zero-order valence-electron chi connectivity index (χ0n) is 18.4. The number of carbonyl (C=O) groups excluding carboxylic acids is 1. The van der Waals surface area contributed by atoms with Crippen LogP contribution in [0.15, 0.2) is 47.5 Å². The molecule has 0 aliphatic rings. The van der Waals surface area contributed by atoms with Crippen LogP contribution in [0.1, 0.15) is 23.6 Å². The van der Waals surface area contributed by atoms with E-state index in [1.807, 2.05) is 44.2 Å². The molecule has 0 atom stereocenters. The summed E-state index contributed by atoms with van der Waals surface area (Å²) in [7, 11) is 1.65. The van der Waals surface area contributed by atoms with Gasteiger partial charge in [0.25, 0.3) is 5.91 Å². The summed E-state index contributed by atoms with van der Waals surface area (Å²) < 4.78 is 16.3.